The standard InChI is InChI=1S/C13H17N3O2/c1-3-17-12-6-4-11(5-7-12)8-14-9-13-15-10(2)16-18-13/h4-7,14H,3,8-9H2,1-2H3. The van der Waals surface area contributed by atoms with E-state index in [0.717, 1.165) is 12.3 Å². The summed E-state index contributed by atoms with van der Waals surface area (Å²) >= 11 is 0. The minimum absolute atomic E-state index is 0.577. The number of nitrogens with zero attached hydrogens (tertiary/aromatic N) is 2. The van der Waals surface area contributed by atoms with Crippen molar-refractivity contribution in [3.05, 3.63) is 41.5 Å². The largest absolute Gasteiger partial charge is 0.494 e. The molecule has 0 fully saturated rings. The lowest BCUT2D eigenvalue weighted by Gasteiger charge is -2.05. The summed E-state index contributed by atoms with van der Waals surface area (Å²) in [5, 5.41) is 6.98. The summed E-state index contributed by atoms with van der Waals surface area (Å²) < 4.78 is 10.4. The van der Waals surface area contributed by atoms with Crippen molar-refractivity contribution < 1.29 is 9.26 Å². The first-order valence-electron chi connectivity index (χ1n) is 5.99. The monoisotopic (exact) mass is 247 g/mol. The molecule has 0 spiro atoms. The zero-order chi connectivity index (χ0) is 12.8. The first-order chi connectivity index (χ1) is 8.78. The summed E-state index contributed by atoms with van der Waals surface area (Å²) in [7, 11) is 0. The zero-order valence-electron chi connectivity index (χ0n) is 10.6. The fourth-order valence-corrected chi connectivity index (χ4v) is 1.60. The molecule has 2 aromatic rings. The summed E-state index contributed by atoms with van der Waals surface area (Å²) in [6.07, 6.45) is 0. The predicted molar refractivity (Wildman–Crippen MR) is 67.2 cm³/mol. The van der Waals surface area contributed by atoms with E-state index < -0.39 is 0 Å². The SMILES string of the molecule is CCOc1ccc(CNCc2nc(C)no2)cc1. The molecule has 0 saturated carbocycles. The Bertz CT molecular complexity index is 479. The van der Waals surface area contributed by atoms with Crippen LogP contribution in [0, 0.1) is 6.92 Å². The Balaban J connectivity index is 1.79. The van der Waals surface area contributed by atoms with E-state index in [4.69, 9.17) is 9.26 Å². The van der Waals surface area contributed by atoms with Crippen LogP contribution in [0.2, 0.25) is 0 Å². The summed E-state index contributed by atoms with van der Waals surface area (Å²) in [5.74, 6) is 2.17. The van der Waals surface area contributed by atoms with Crippen LogP contribution >= 0.6 is 0 Å². The topological polar surface area (TPSA) is 60.2 Å². The molecular weight excluding hydrogens is 230 g/mol. The van der Waals surface area contributed by atoms with Gasteiger partial charge in [0, 0.05) is 6.54 Å². The number of benzene rings is 1. The van der Waals surface area contributed by atoms with Crippen molar-refractivity contribution in [1.82, 2.24) is 15.5 Å². The Morgan fingerprint density at radius 2 is 2.00 bits per heavy atom. The molecule has 0 amide bonds. The molecule has 0 radical (unpaired) electrons. The molecule has 0 aliphatic heterocycles. The highest BCUT2D eigenvalue weighted by Crippen LogP contribution is 2.11. The highest BCUT2D eigenvalue weighted by atomic mass is 16.5. The van der Waals surface area contributed by atoms with E-state index in [1.807, 2.05) is 31.2 Å². The van der Waals surface area contributed by atoms with E-state index >= 15 is 0 Å². The highest BCUT2D eigenvalue weighted by Gasteiger charge is 2.01. The molecule has 2 rings (SSSR count). The quantitative estimate of drug-likeness (QED) is 0.846. The van der Waals surface area contributed by atoms with Gasteiger partial charge in [-0.2, -0.15) is 4.98 Å². The van der Waals surface area contributed by atoms with Gasteiger partial charge >= 0.3 is 0 Å². The number of aromatic nitrogens is 2. The van der Waals surface area contributed by atoms with Gasteiger partial charge in [-0.15, -0.1) is 0 Å². The summed E-state index contributed by atoms with van der Waals surface area (Å²) in [4.78, 5) is 4.12. The molecule has 0 aliphatic carbocycles. The van der Waals surface area contributed by atoms with Gasteiger partial charge in [-0.3, -0.25) is 0 Å². The van der Waals surface area contributed by atoms with Crippen molar-refractivity contribution in [2.45, 2.75) is 26.9 Å². The normalized spacial score (nSPS) is 10.6. The van der Waals surface area contributed by atoms with E-state index in [1.54, 1.807) is 6.92 Å². The lowest BCUT2D eigenvalue weighted by molar-refractivity contribution is 0.340. The third-order valence-electron chi connectivity index (χ3n) is 2.41. The second kappa shape index (κ2) is 6.16. The Labute approximate surface area is 106 Å². The van der Waals surface area contributed by atoms with E-state index in [0.29, 0.717) is 24.9 Å². The molecule has 1 aromatic carbocycles. The van der Waals surface area contributed by atoms with E-state index in [-0.39, 0.29) is 0 Å². The van der Waals surface area contributed by atoms with Crippen molar-refractivity contribution in [3.63, 3.8) is 0 Å². The maximum absolute atomic E-state index is 5.38. The lowest BCUT2D eigenvalue weighted by Crippen LogP contribution is -2.12. The summed E-state index contributed by atoms with van der Waals surface area (Å²) in [6.45, 7) is 5.80. The number of hydrogen-bond acceptors (Lipinski definition) is 5. The van der Waals surface area contributed by atoms with Crippen molar-refractivity contribution in [1.29, 1.82) is 0 Å². The minimum Gasteiger partial charge on any atom is -0.494 e. The van der Waals surface area contributed by atoms with Gasteiger partial charge in [0.05, 0.1) is 13.2 Å². The van der Waals surface area contributed by atoms with Crippen LogP contribution in [0.4, 0.5) is 0 Å². The molecule has 1 N–H and O–H groups in total. The van der Waals surface area contributed by atoms with Crippen molar-refractivity contribution >= 4 is 0 Å². The van der Waals surface area contributed by atoms with E-state index in [1.165, 1.54) is 5.56 Å². The lowest BCUT2D eigenvalue weighted by atomic mass is 10.2. The van der Waals surface area contributed by atoms with Crippen molar-refractivity contribution in [2.75, 3.05) is 6.61 Å². The second-order valence-electron chi connectivity index (χ2n) is 3.92. The van der Waals surface area contributed by atoms with Crippen LogP contribution in [-0.4, -0.2) is 16.7 Å². The first kappa shape index (κ1) is 12.6. The van der Waals surface area contributed by atoms with Gasteiger partial charge in [-0.05, 0) is 31.5 Å². The Morgan fingerprint density at radius 3 is 2.61 bits per heavy atom. The van der Waals surface area contributed by atoms with Gasteiger partial charge in [-0.25, -0.2) is 0 Å². The van der Waals surface area contributed by atoms with E-state index in [2.05, 4.69) is 15.5 Å². The molecule has 5 heteroatoms. The first-order valence-corrected chi connectivity index (χ1v) is 5.99. The molecule has 1 heterocycles. The van der Waals surface area contributed by atoms with Crippen LogP contribution in [-0.2, 0) is 13.1 Å². The number of rotatable bonds is 6. The maximum atomic E-state index is 5.38. The molecule has 96 valence electrons. The molecule has 1 aromatic heterocycles. The predicted octanol–water partition coefficient (Wildman–Crippen LogP) is 2.07. The highest BCUT2D eigenvalue weighted by molar-refractivity contribution is 5.27. The van der Waals surface area contributed by atoms with Gasteiger partial charge in [-0.1, -0.05) is 17.3 Å². The second-order valence-corrected chi connectivity index (χ2v) is 3.92. The molecule has 18 heavy (non-hydrogen) atoms. The molecule has 0 bridgehead atoms. The molecule has 5 nitrogen and oxygen atoms in total. The van der Waals surface area contributed by atoms with Gasteiger partial charge < -0.3 is 14.6 Å². The zero-order valence-corrected chi connectivity index (χ0v) is 10.6. The van der Waals surface area contributed by atoms with E-state index in [9.17, 15) is 0 Å². The molecule has 0 unspecified atom stereocenters. The molecule has 0 saturated heterocycles. The molecule has 0 atom stereocenters. The Hall–Kier alpha value is -1.88. The van der Waals surface area contributed by atoms with Gasteiger partial charge in [0.25, 0.3) is 0 Å². The smallest absolute Gasteiger partial charge is 0.240 e. The Morgan fingerprint density at radius 1 is 1.22 bits per heavy atom. The number of nitrogens with one attached hydrogen (secondary N) is 1. The average molecular weight is 247 g/mol. The number of aryl methyl sites for hydroxylation is 1. The van der Waals surface area contributed by atoms with Crippen LogP contribution in [0.3, 0.4) is 0 Å². The average Bonchev–Trinajstić information content (AvgIpc) is 2.78. The van der Waals surface area contributed by atoms with Crippen LogP contribution in [0.25, 0.3) is 0 Å². The van der Waals surface area contributed by atoms with Crippen molar-refractivity contribution in [3.8, 4) is 5.75 Å². The fourth-order valence-electron chi connectivity index (χ4n) is 1.60. The summed E-state index contributed by atoms with van der Waals surface area (Å²) in [6, 6.07) is 8.02. The fraction of sp³-hybridized carbons (Fsp3) is 0.385. The number of hydrogen-bond donors (Lipinski definition) is 1. The molecular formula is C13H17N3O2. The number of ether oxygens (including phenoxy) is 1. The van der Waals surface area contributed by atoms with Crippen LogP contribution in [0.15, 0.2) is 28.8 Å². The maximum Gasteiger partial charge on any atom is 0.240 e. The minimum atomic E-state index is 0.577. The third kappa shape index (κ3) is 3.56. The summed E-state index contributed by atoms with van der Waals surface area (Å²) in [5.41, 5.74) is 1.19. The van der Waals surface area contributed by atoms with Gasteiger partial charge in [0.1, 0.15) is 5.75 Å². The van der Waals surface area contributed by atoms with Gasteiger partial charge in [0.2, 0.25) is 5.89 Å². The van der Waals surface area contributed by atoms with Crippen molar-refractivity contribution in [2.24, 2.45) is 0 Å². The third-order valence-corrected chi connectivity index (χ3v) is 2.41. The Kier molecular flexibility index (Phi) is 4.30. The van der Waals surface area contributed by atoms with Crippen LogP contribution < -0.4 is 10.1 Å². The van der Waals surface area contributed by atoms with Crippen LogP contribution in [0.5, 0.6) is 5.75 Å². The van der Waals surface area contributed by atoms with Crippen LogP contribution in [0.1, 0.15) is 24.2 Å². The molecule has 0 aliphatic rings. The van der Waals surface area contributed by atoms with Gasteiger partial charge in [0.15, 0.2) is 5.82 Å².